The van der Waals surface area contributed by atoms with Crippen LogP contribution in [0.4, 0.5) is 0 Å². The maximum atomic E-state index is 5.85. The Hall–Kier alpha value is -1.58. The third-order valence-corrected chi connectivity index (χ3v) is 2.87. The van der Waals surface area contributed by atoms with Crippen LogP contribution in [0.2, 0.25) is 10.0 Å². The lowest BCUT2D eigenvalue weighted by Gasteiger charge is -1.95. The van der Waals surface area contributed by atoms with Crippen molar-refractivity contribution in [1.82, 2.24) is 14.6 Å². The summed E-state index contributed by atoms with van der Waals surface area (Å²) in [6, 6.07) is 9.42. The predicted octanol–water partition coefficient (Wildman–Crippen LogP) is 3.70. The summed E-state index contributed by atoms with van der Waals surface area (Å²) in [6.45, 7) is 0. The average Bonchev–Trinajstić information content (AvgIpc) is 2.72. The summed E-state index contributed by atoms with van der Waals surface area (Å²) in [4.78, 5) is 4.19. The lowest BCUT2D eigenvalue weighted by Crippen LogP contribution is -1.88. The van der Waals surface area contributed by atoms with Gasteiger partial charge >= 0.3 is 0 Å². The molecule has 0 fully saturated rings. The summed E-state index contributed by atoms with van der Waals surface area (Å²) < 4.78 is 1.66. The molecule has 0 spiro atoms. The van der Waals surface area contributed by atoms with Crippen molar-refractivity contribution in [2.24, 2.45) is 0 Å². The third-order valence-electron chi connectivity index (χ3n) is 2.42. The van der Waals surface area contributed by atoms with Crippen molar-refractivity contribution in [2.75, 3.05) is 0 Å². The average molecular weight is 264 g/mol. The van der Waals surface area contributed by atoms with E-state index in [1.54, 1.807) is 16.9 Å². The number of aromatic nitrogens is 3. The van der Waals surface area contributed by atoms with Crippen LogP contribution in [0.3, 0.4) is 0 Å². The molecule has 0 bridgehead atoms. The Kier molecular flexibility index (Phi) is 2.50. The molecular formula is C12H7Cl2N3. The Morgan fingerprint density at radius 3 is 2.53 bits per heavy atom. The molecule has 0 aliphatic carbocycles. The van der Waals surface area contributed by atoms with Crippen LogP contribution < -0.4 is 0 Å². The van der Waals surface area contributed by atoms with E-state index in [0.717, 1.165) is 16.9 Å². The normalized spacial score (nSPS) is 10.9. The Morgan fingerprint density at radius 2 is 1.76 bits per heavy atom. The van der Waals surface area contributed by atoms with Gasteiger partial charge in [0, 0.05) is 22.8 Å². The zero-order valence-corrected chi connectivity index (χ0v) is 10.2. The van der Waals surface area contributed by atoms with Crippen LogP contribution in [0.15, 0.2) is 42.7 Å². The smallest absolute Gasteiger partial charge is 0.155 e. The topological polar surface area (TPSA) is 30.2 Å². The minimum Gasteiger partial charge on any atom is -0.235 e. The van der Waals surface area contributed by atoms with Gasteiger partial charge in [-0.05, 0) is 12.1 Å². The van der Waals surface area contributed by atoms with Gasteiger partial charge in [0.05, 0.1) is 16.9 Å². The minimum atomic E-state index is 0.559. The van der Waals surface area contributed by atoms with Crippen LogP contribution in [0.25, 0.3) is 16.9 Å². The van der Waals surface area contributed by atoms with E-state index in [4.69, 9.17) is 23.2 Å². The summed E-state index contributed by atoms with van der Waals surface area (Å²) >= 11 is 11.7. The minimum absolute atomic E-state index is 0.559. The molecule has 84 valence electrons. The number of fused-ring (bicyclic) bond motifs is 1. The fourth-order valence-corrected chi connectivity index (χ4v) is 1.88. The van der Waals surface area contributed by atoms with Gasteiger partial charge in [-0.2, -0.15) is 5.10 Å². The number of rotatable bonds is 1. The molecule has 5 heteroatoms. The van der Waals surface area contributed by atoms with Crippen LogP contribution in [0.1, 0.15) is 0 Å². The number of halogens is 2. The highest BCUT2D eigenvalue weighted by Gasteiger charge is 2.05. The highest BCUT2D eigenvalue weighted by molar-refractivity contribution is 6.30. The van der Waals surface area contributed by atoms with Gasteiger partial charge in [0.1, 0.15) is 0 Å². The molecule has 0 aliphatic rings. The monoisotopic (exact) mass is 263 g/mol. The molecule has 3 nitrogen and oxygen atoms in total. The summed E-state index contributed by atoms with van der Waals surface area (Å²) in [5, 5.41) is 5.67. The van der Waals surface area contributed by atoms with Crippen LogP contribution in [-0.4, -0.2) is 14.6 Å². The maximum Gasteiger partial charge on any atom is 0.155 e. The molecule has 2 heterocycles. The maximum absolute atomic E-state index is 5.85. The van der Waals surface area contributed by atoms with Gasteiger partial charge in [-0.15, -0.1) is 0 Å². The summed E-state index contributed by atoms with van der Waals surface area (Å²) in [6.07, 6.45) is 3.33. The van der Waals surface area contributed by atoms with Gasteiger partial charge in [0.2, 0.25) is 0 Å². The predicted molar refractivity (Wildman–Crippen MR) is 68.4 cm³/mol. The molecule has 1 aromatic carbocycles. The van der Waals surface area contributed by atoms with Gasteiger partial charge in [0.25, 0.3) is 0 Å². The highest BCUT2D eigenvalue weighted by Crippen LogP contribution is 2.21. The third kappa shape index (κ3) is 1.99. The first-order valence-electron chi connectivity index (χ1n) is 4.99. The molecule has 0 radical (unpaired) electrons. The molecule has 0 unspecified atom stereocenters. The molecule has 0 N–H and O–H groups in total. The van der Waals surface area contributed by atoms with Crippen molar-refractivity contribution in [3.05, 3.63) is 52.8 Å². The number of hydrogen-bond acceptors (Lipinski definition) is 2. The van der Waals surface area contributed by atoms with E-state index < -0.39 is 0 Å². The van der Waals surface area contributed by atoms with Crippen molar-refractivity contribution in [1.29, 1.82) is 0 Å². The first-order valence-corrected chi connectivity index (χ1v) is 5.75. The summed E-state index contributed by atoms with van der Waals surface area (Å²) in [5.74, 6) is 0. The molecule has 2 aromatic heterocycles. The second kappa shape index (κ2) is 4.02. The van der Waals surface area contributed by atoms with E-state index in [9.17, 15) is 0 Å². The standard InChI is InChI=1S/C12H7Cl2N3/c13-9-3-1-8(2-4-9)11-5-12-15-6-10(14)7-17(12)16-11/h1-7H. The zero-order valence-electron chi connectivity index (χ0n) is 8.64. The lowest BCUT2D eigenvalue weighted by molar-refractivity contribution is 0.943. The van der Waals surface area contributed by atoms with Gasteiger partial charge in [0.15, 0.2) is 5.65 Å². The SMILES string of the molecule is Clc1ccc(-c2cc3ncc(Cl)cn3n2)cc1. The van der Waals surface area contributed by atoms with Crippen LogP contribution >= 0.6 is 23.2 Å². The van der Waals surface area contributed by atoms with Crippen molar-refractivity contribution < 1.29 is 0 Å². The fourth-order valence-electron chi connectivity index (χ4n) is 1.62. The van der Waals surface area contributed by atoms with Crippen LogP contribution in [0.5, 0.6) is 0 Å². The first kappa shape index (κ1) is 10.6. The van der Waals surface area contributed by atoms with Crippen LogP contribution in [0, 0.1) is 0 Å². The van der Waals surface area contributed by atoms with E-state index in [2.05, 4.69) is 10.1 Å². The number of benzene rings is 1. The van der Waals surface area contributed by atoms with E-state index in [1.807, 2.05) is 30.3 Å². The zero-order chi connectivity index (χ0) is 11.8. The highest BCUT2D eigenvalue weighted by atomic mass is 35.5. The van der Waals surface area contributed by atoms with Gasteiger partial charge < -0.3 is 0 Å². The Balaban J connectivity index is 2.14. The van der Waals surface area contributed by atoms with E-state index in [0.29, 0.717) is 10.0 Å². The molecule has 0 saturated heterocycles. The largest absolute Gasteiger partial charge is 0.235 e. The van der Waals surface area contributed by atoms with Crippen molar-refractivity contribution in [2.45, 2.75) is 0 Å². The van der Waals surface area contributed by atoms with Gasteiger partial charge in [-0.25, -0.2) is 9.50 Å². The Labute approximate surface area is 108 Å². The first-order chi connectivity index (χ1) is 8.22. The molecule has 0 saturated carbocycles. The van der Waals surface area contributed by atoms with E-state index in [-0.39, 0.29) is 0 Å². The molecule has 3 rings (SSSR count). The van der Waals surface area contributed by atoms with Gasteiger partial charge in [-0.3, -0.25) is 0 Å². The van der Waals surface area contributed by atoms with Crippen molar-refractivity contribution in [3.8, 4) is 11.3 Å². The number of hydrogen-bond donors (Lipinski definition) is 0. The molecule has 3 aromatic rings. The summed E-state index contributed by atoms with van der Waals surface area (Å²) in [7, 11) is 0. The van der Waals surface area contributed by atoms with Gasteiger partial charge in [-0.1, -0.05) is 35.3 Å². The second-order valence-corrected chi connectivity index (χ2v) is 4.48. The Bertz CT molecular complexity index is 674. The van der Waals surface area contributed by atoms with Crippen molar-refractivity contribution >= 4 is 28.8 Å². The fraction of sp³-hybridized carbons (Fsp3) is 0. The van der Waals surface area contributed by atoms with Crippen LogP contribution in [-0.2, 0) is 0 Å². The molecule has 0 atom stereocenters. The lowest BCUT2D eigenvalue weighted by atomic mass is 10.2. The van der Waals surface area contributed by atoms with Crippen molar-refractivity contribution in [3.63, 3.8) is 0 Å². The molecule has 0 aliphatic heterocycles. The Morgan fingerprint density at radius 1 is 1.00 bits per heavy atom. The molecular weight excluding hydrogens is 257 g/mol. The second-order valence-electron chi connectivity index (χ2n) is 3.61. The summed E-state index contributed by atoms with van der Waals surface area (Å²) in [5.41, 5.74) is 2.60. The molecule has 0 amide bonds. The van der Waals surface area contributed by atoms with E-state index >= 15 is 0 Å². The quantitative estimate of drug-likeness (QED) is 0.670. The van der Waals surface area contributed by atoms with E-state index in [1.165, 1.54) is 0 Å². The molecule has 17 heavy (non-hydrogen) atoms. The number of nitrogens with zero attached hydrogens (tertiary/aromatic N) is 3.